The summed E-state index contributed by atoms with van der Waals surface area (Å²) in [5.74, 6) is 3.69. The molecule has 88 valence electrons. The lowest BCUT2D eigenvalue weighted by atomic mass is 10.00. The van der Waals surface area contributed by atoms with Gasteiger partial charge in [0.2, 0.25) is 5.89 Å². The summed E-state index contributed by atoms with van der Waals surface area (Å²) in [6, 6.07) is 0. The molecule has 0 bridgehead atoms. The van der Waals surface area contributed by atoms with E-state index < -0.39 is 0 Å². The van der Waals surface area contributed by atoms with Crippen LogP contribution in [0.25, 0.3) is 0 Å². The Morgan fingerprint density at radius 2 is 2.31 bits per heavy atom. The predicted molar refractivity (Wildman–Crippen MR) is 63.4 cm³/mol. The van der Waals surface area contributed by atoms with Crippen molar-refractivity contribution in [3.8, 4) is 0 Å². The summed E-state index contributed by atoms with van der Waals surface area (Å²) in [5, 5.41) is 7.86. The minimum absolute atomic E-state index is 0.478. The third-order valence-corrected chi connectivity index (χ3v) is 4.65. The van der Waals surface area contributed by atoms with Gasteiger partial charge < -0.3 is 9.84 Å². The first-order chi connectivity index (χ1) is 7.92. The van der Waals surface area contributed by atoms with E-state index in [1.54, 1.807) is 0 Å². The summed E-state index contributed by atoms with van der Waals surface area (Å²) in [4.78, 5) is 4.53. The van der Waals surface area contributed by atoms with Crippen molar-refractivity contribution in [1.82, 2.24) is 15.5 Å². The van der Waals surface area contributed by atoms with Gasteiger partial charge in [-0.3, -0.25) is 0 Å². The number of rotatable bonds is 3. The van der Waals surface area contributed by atoms with E-state index in [0.717, 1.165) is 31.2 Å². The van der Waals surface area contributed by atoms with E-state index in [1.165, 1.54) is 25.0 Å². The van der Waals surface area contributed by atoms with Crippen LogP contribution in [0.2, 0.25) is 0 Å². The van der Waals surface area contributed by atoms with Crippen molar-refractivity contribution in [2.24, 2.45) is 5.92 Å². The topological polar surface area (TPSA) is 51.0 Å². The van der Waals surface area contributed by atoms with Crippen molar-refractivity contribution in [2.45, 2.75) is 30.9 Å². The number of nitrogens with zero attached hydrogens (tertiary/aromatic N) is 2. The average Bonchev–Trinajstić information content (AvgIpc) is 2.73. The minimum Gasteiger partial charge on any atom is -0.339 e. The summed E-state index contributed by atoms with van der Waals surface area (Å²) < 4.78 is 5.32. The molecule has 1 atom stereocenters. The summed E-state index contributed by atoms with van der Waals surface area (Å²) in [6.45, 7) is 2.19. The van der Waals surface area contributed by atoms with Crippen LogP contribution in [0.5, 0.6) is 0 Å². The van der Waals surface area contributed by atoms with E-state index in [0.29, 0.717) is 11.2 Å². The molecule has 0 aliphatic carbocycles. The summed E-state index contributed by atoms with van der Waals surface area (Å²) >= 11 is 1.97. The Hall–Kier alpha value is -0.550. The molecule has 0 saturated carbocycles. The van der Waals surface area contributed by atoms with Gasteiger partial charge >= 0.3 is 0 Å². The monoisotopic (exact) mass is 239 g/mol. The first-order valence-corrected chi connectivity index (χ1v) is 7.11. The average molecular weight is 239 g/mol. The molecule has 1 N–H and O–H groups in total. The molecule has 1 aromatic rings. The Kier molecular flexibility index (Phi) is 3.15. The van der Waals surface area contributed by atoms with Gasteiger partial charge in [0.05, 0.1) is 5.25 Å². The van der Waals surface area contributed by atoms with E-state index in [2.05, 4.69) is 15.5 Å². The third-order valence-electron chi connectivity index (χ3n) is 3.28. The molecule has 3 heterocycles. The van der Waals surface area contributed by atoms with Gasteiger partial charge in [-0.15, -0.1) is 0 Å². The third kappa shape index (κ3) is 2.25. The molecule has 5 heteroatoms. The molecule has 0 spiro atoms. The fourth-order valence-electron chi connectivity index (χ4n) is 2.17. The first-order valence-electron chi connectivity index (χ1n) is 6.06. The van der Waals surface area contributed by atoms with Crippen LogP contribution in [0.1, 0.15) is 36.2 Å². The Morgan fingerprint density at radius 3 is 3.00 bits per heavy atom. The zero-order valence-corrected chi connectivity index (χ0v) is 10.1. The number of thioether (sulfide) groups is 1. The van der Waals surface area contributed by atoms with Gasteiger partial charge in [-0.05, 0) is 37.6 Å². The van der Waals surface area contributed by atoms with Crippen LogP contribution in [-0.2, 0) is 6.42 Å². The van der Waals surface area contributed by atoms with E-state index in [-0.39, 0.29) is 0 Å². The van der Waals surface area contributed by atoms with E-state index in [9.17, 15) is 0 Å². The molecule has 0 aromatic carbocycles. The SMILES string of the molecule is C1CCC(c2noc(CC3CNC3)n2)SC1. The molecule has 3 rings (SSSR count). The number of hydrogen-bond acceptors (Lipinski definition) is 5. The van der Waals surface area contributed by atoms with Crippen LogP contribution in [0.3, 0.4) is 0 Å². The van der Waals surface area contributed by atoms with E-state index in [1.807, 2.05) is 11.8 Å². The molecule has 1 aromatic heterocycles. The minimum atomic E-state index is 0.478. The van der Waals surface area contributed by atoms with Gasteiger partial charge in [0.1, 0.15) is 0 Å². The van der Waals surface area contributed by atoms with Crippen molar-refractivity contribution in [1.29, 1.82) is 0 Å². The molecule has 0 amide bonds. The number of aromatic nitrogens is 2. The lowest BCUT2D eigenvalue weighted by Crippen LogP contribution is -2.43. The highest BCUT2D eigenvalue weighted by Gasteiger charge is 2.24. The zero-order chi connectivity index (χ0) is 10.8. The second-order valence-electron chi connectivity index (χ2n) is 4.63. The van der Waals surface area contributed by atoms with E-state index in [4.69, 9.17) is 4.52 Å². The fourth-order valence-corrected chi connectivity index (χ4v) is 3.40. The predicted octanol–water partition coefficient (Wildman–Crippen LogP) is 1.79. The molecule has 2 aliphatic heterocycles. The van der Waals surface area contributed by atoms with E-state index >= 15 is 0 Å². The second kappa shape index (κ2) is 4.75. The van der Waals surface area contributed by atoms with Crippen LogP contribution in [0.15, 0.2) is 4.52 Å². The highest BCUT2D eigenvalue weighted by Crippen LogP contribution is 2.36. The van der Waals surface area contributed by atoms with Crippen LogP contribution >= 0.6 is 11.8 Å². The number of nitrogens with one attached hydrogen (secondary N) is 1. The van der Waals surface area contributed by atoms with Crippen LogP contribution in [0.4, 0.5) is 0 Å². The summed E-state index contributed by atoms with van der Waals surface area (Å²) in [6.07, 6.45) is 4.78. The molecule has 16 heavy (non-hydrogen) atoms. The fraction of sp³-hybridized carbons (Fsp3) is 0.818. The molecular formula is C11H17N3OS. The molecule has 1 unspecified atom stereocenters. The smallest absolute Gasteiger partial charge is 0.227 e. The second-order valence-corrected chi connectivity index (χ2v) is 5.94. The first kappa shape index (κ1) is 10.6. The lowest BCUT2D eigenvalue weighted by Gasteiger charge is -2.25. The molecule has 2 fully saturated rings. The maximum Gasteiger partial charge on any atom is 0.227 e. The summed E-state index contributed by atoms with van der Waals surface area (Å²) in [7, 11) is 0. The molecule has 2 saturated heterocycles. The van der Waals surface area contributed by atoms with Crippen molar-refractivity contribution in [2.75, 3.05) is 18.8 Å². The molecular weight excluding hydrogens is 222 g/mol. The Morgan fingerprint density at radius 1 is 1.38 bits per heavy atom. The zero-order valence-electron chi connectivity index (χ0n) is 9.32. The van der Waals surface area contributed by atoms with Crippen LogP contribution < -0.4 is 5.32 Å². The van der Waals surface area contributed by atoms with Gasteiger partial charge in [-0.1, -0.05) is 11.6 Å². The molecule has 2 aliphatic rings. The molecule has 4 nitrogen and oxygen atoms in total. The Labute approximate surface area is 99.6 Å². The van der Waals surface area contributed by atoms with Gasteiger partial charge in [-0.25, -0.2) is 0 Å². The standard InChI is InChI=1S/C11H17N3OS/c1-2-4-16-9(3-1)11-13-10(15-14-11)5-8-6-12-7-8/h8-9,12H,1-7H2. The Balaban J connectivity index is 1.61. The number of hydrogen-bond donors (Lipinski definition) is 1. The highest BCUT2D eigenvalue weighted by molar-refractivity contribution is 7.99. The van der Waals surface area contributed by atoms with Gasteiger partial charge in [-0.2, -0.15) is 16.7 Å². The summed E-state index contributed by atoms with van der Waals surface area (Å²) in [5.41, 5.74) is 0. The van der Waals surface area contributed by atoms with Crippen LogP contribution in [-0.4, -0.2) is 29.0 Å². The van der Waals surface area contributed by atoms with Crippen molar-refractivity contribution in [3.63, 3.8) is 0 Å². The van der Waals surface area contributed by atoms with Crippen molar-refractivity contribution >= 4 is 11.8 Å². The normalized spacial score (nSPS) is 26.6. The quantitative estimate of drug-likeness (QED) is 0.871. The van der Waals surface area contributed by atoms with Gasteiger partial charge in [0.15, 0.2) is 5.82 Å². The Bertz CT molecular complexity index is 345. The van der Waals surface area contributed by atoms with Gasteiger partial charge in [0.25, 0.3) is 0 Å². The lowest BCUT2D eigenvalue weighted by molar-refractivity contribution is 0.294. The maximum atomic E-state index is 5.32. The van der Waals surface area contributed by atoms with Gasteiger partial charge in [0, 0.05) is 6.42 Å². The maximum absolute atomic E-state index is 5.32. The van der Waals surface area contributed by atoms with Crippen molar-refractivity contribution < 1.29 is 4.52 Å². The largest absolute Gasteiger partial charge is 0.339 e. The molecule has 0 radical (unpaired) electrons. The highest BCUT2D eigenvalue weighted by atomic mass is 32.2. The van der Waals surface area contributed by atoms with Crippen LogP contribution in [0, 0.1) is 5.92 Å². The van der Waals surface area contributed by atoms with Crippen molar-refractivity contribution in [3.05, 3.63) is 11.7 Å².